The van der Waals surface area contributed by atoms with E-state index < -0.39 is 35.0 Å². The number of nitrogens with zero attached hydrogens (tertiary/aromatic N) is 3. The van der Waals surface area contributed by atoms with Crippen LogP contribution in [0.25, 0.3) is 11.4 Å². The summed E-state index contributed by atoms with van der Waals surface area (Å²) in [6.07, 6.45) is -2.99. The van der Waals surface area contributed by atoms with E-state index in [1.165, 1.54) is 6.07 Å². The van der Waals surface area contributed by atoms with Gasteiger partial charge in [0.1, 0.15) is 17.5 Å². The lowest BCUT2D eigenvalue weighted by atomic mass is 10.2. The van der Waals surface area contributed by atoms with Crippen LogP contribution < -0.4 is 5.32 Å². The first-order chi connectivity index (χ1) is 14.6. The molecule has 0 radical (unpaired) electrons. The largest absolute Gasteiger partial charge is 0.477 e. The Hall–Kier alpha value is -3.63. The second-order valence-corrected chi connectivity index (χ2v) is 5.82. The molecule has 0 atom stereocenters. The molecule has 31 heavy (non-hydrogen) atoms. The second-order valence-electron chi connectivity index (χ2n) is 5.82. The number of pyridine rings is 1. The summed E-state index contributed by atoms with van der Waals surface area (Å²) in [5.41, 5.74) is -1.63. The van der Waals surface area contributed by atoms with Gasteiger partial charge >= 0.3 is 12.1 Å². The number of alkyl halides is 3. The summed E-state index contributed by atoms with van der Waals surface area (Å²) < 4.78 is 65.4. The van der Waals surface area contributed by atoms with E-state index in [1.807, 2.05) is 13.8 Å². The molecule has 2 heterocycles. The first-order valence-electron chi connectivity index (χ1n) is 8.96. The third-order valence-electron chi connectivity index (χ3n) is 3.74. The Labute approximate surface area is 173 Å². The van der Waals surface area contributed by atoms with Crippen molar-refractivity contribution in [1.29, 1.82) is 0 Å². The summed E-state index contributed by atoms with van der Waals surface area (Å²) in [6, 6.07) is 4.68. The van der Waals surface area contributed by atoms with Crippen molar-refractivity contribution in [2.24, 2.45) is 0 Å². The summed E-state index contributed by atoms with van der Waals surface area (Å²) in [5, 5.41) is 11.9. The molecular formula is C20H17F5N4O2. The summed E-state index contributed by atoms with van der Waals surface area (Å²) in [6.45, 7) is 3.82. The molecule has 0 saturated heterocycles. The third-order valence-corrected chi connectivity index (χ3v) is 3.74. The highest BCUT2D eigenvalue weighted by Gasteiger charge is 2.31. The fourth-order valence-electron chi connectivity index (χ4n) is 2.34. The summed E-state index contributed by atoms with van der Waals surface area (Å²) >= 11 is 0. The normalized spacial score (nSPS) is 10.8. The number of aromatic carboxylic acids is 1. The minimum Gasteiger partial charge on any atom is -0.477 e. The smallest absolute Gasteiger partial charge is 0.417 e. The Morgan fingerprint density at radius 1 is 1.06 bits per heavy atom. The maximum Gasteiger partial charge on any atom is 0.417 e. The van der Waals surface area contributed by atoms with Gasteiger partial charge in [-0.2, -0.15) is 13.2 Å². The molecule has 6 nitrogen and oxygen atoms in total. The Morgan fingerprint density at radius 2 is 1.77 bits per heavy atom. The van der Waals surface area contributed by atoms with Crippen molar-refractivity contribution in [3.63, 3.8) is 0 Å². The topological polar surface area (TPSA) is 88.0 Å². The van der Waals surface area contributed by atoms with Gasteiger partial charge in [0.05, 0.1) is 5.56 Å². The minimum atomic E-state index is -4.66. The molecule has 0 spiro atoms. The summed E-state index contributed by atoms with van der Waals surface area (Å²) in [5.74, 6) is -3.42. The molecule has 0 fully saturated rings. The molecule has 2 aromatic heterocycles. The average Bonchev–Trinajstić information content (AvgIpc) is 2.74. The number of benzene rings is 1. The fourth-order valence-corrected chi connectivity index (χ4v) is 2.34. The third kappa shape index (κ3) is 6.17. The highest BCUT2D eigenvalue weighted by Crippen LogP contribution is 2.31. The molecule has 0 unspecified atom stereocenters. The van der Waals surface area contributed by atoms with E-state index >= 15 is 0 Å². The molecule has 0 saturated carbocycles. The molecule has 0 amide bonds. The summed E-state index contributed by atoms with van der Waals surface area (Å²) in [4.78, 5) is 22.5. The van der Waals surface area contributed by atoms with Crippen LogP contribution in [0.2, 0.25) is 0 Å². The number of hydrogen-bond acceptors (Lipinski definition) is 5. The molecule has 1 aromatic carbocycles. The van der Waals surface area contributed by atoms with Gasteiger partial charge in [0.2, 0.25) is 0 Å². The van der Waals surface area contributed by atoms with Crippen molar-refractivity contribution < 1.29 is 31.9 Å². The van der Waals surface area contributed by atoms with Crippen LogP contribution in [0, 0.1) is 11.6 Å². The van der Waals surface area contributed by atoms with E-state index in [1.54, 1.807) is 0 Å². The zero-order chi connectivity index (χ0) is 23.2. The van der Waals surface area contributed by atoms with Crippen molar-refractivity contribution in [2.45, 2.75) is 26.6 Å². The average molecular weight is 440 g/mol. The molecule has 0 aliphatic rings. The van der Waals surface area contributed by atoms with Gasteiger partial charge in [-0.05, 0) is 12.1 Å². The van der Waals surface area contributed by atoms with Crippen LogP contribution >= 0.6 is 0 Å². The first-order valence-corrected chi connectivity index (χ1v) is 8.96. The van der Waals surface area contributed by atoms with Crippen molar-refractivity contribution >= 4 is 11.8 Å². The van der Waals surface area contributed by atoms with Crippen LogP contribution in [0.5, 0.6) is 0 Å². The van der Waals surface area contributed by atoms with E-state index in [9.17, 15) is 31.9 Å². The zero-order valence-corrected chi connectivity index (χ0v) is 16.3. The lowest BCUT2D eigenvalue weighted by molar-refractivity contribution is -0.137. The standard InChI is InChI=1S/C18H11F5N4O2.C2H6/c19-12-2-1-9(13(20)4-12)7-25-15-5-14(17(28)29)26-16(27-15)10-3-11(8-24-6-10)18(21,22)23;1-2/h1-6,8H,7H2,(H,28,29)(H,25,26,27);1-2H3. The van der Waals surface area contributed by atoms with E-state index in [2.05, 4.69) is 20.3 Å². The minimum absolute atomic E-state index is 0.0733. The number of carbonyl (C=O) groups is 1. The molecule has 11 heteroatoms. The molecular weight excluding hydrogens is 423 g/mol. The van der Waals surface area contributed by atoms with Crippen LogP contribution in [0.1, 0.15) is 35.5 Å². The summed E-state index contributed by atoms with van der Waals surface area (Å²) in [7, 11) is 0. The number of carboxylic acids is 1. The van der Waals surface area contributed by atoms with Gasteiger partial charge in [-0.15, -0.1) is 0 Å². The predicted octanol–water partition coefficient (Wildman–Crippen LogP) is 5.17. The van der Waals surface area contributed by atoms with E-state index in [0.717, 1.165) is 24.4 Å². The highest BCUT2D eigenvalue weighted by molar-refractivity contribution is 5.87. The second kappa shape index (κ2) is 9.92. The van der Waals surface area contributed by atoms with Crippen LogP contribution in [0.15, 0.2) is 42.7 Å². The Kier molecular flexibility index (Phi) is 7.56. The van der Waals surface area contributed by atoms with Crippen LogP contribution in [0.4, 0.5) is 27.8 Å². The molecule has 0 aliphatic heterocycles. The number of aromatic nitrogens is 3. The molecule has 0 bridgehead atoms. The van der Waals surface area contributed by atoms with Crippen molar-refractivity contribution in [3.8, 4) is 11.4 Å². The monoisotopic (exact) mass is 440 g/mol. The molecule has 3 rings (SSSR count). The molecule has 2 N–H and O–H groups in total. The van der Waals surface area contributed by atoms with Crippen LogP contribution in [-0.2, 0) is 12.7 Å². The van der Waals surface area contributed by atoms with Gasteiger partial charge in [-0.25, -0.2) is 23.5 Å². The van der Waals surface area contributed by atoms with E-state index in [0.29, 0.717) is 12.3 Å². The van der Waals surface area contributed by atoms with Gasteiger partial charge in [0.25, 0.3) is 0 Å². The first kappa shape index (κ1) is 23.6. The number of carboxylic acid groups (broad SMARTS) is 1. The number of anilines is 1. The maximum absolute atomic E-state index is 13.7. The van der Waals surface area contributed by atoms with Gasteiger partial charge in [-0.1, -0.05) is 19.9 Å². The maximum atomic E-state index is 13.7. The quantitative estimate of drug-likeness (QED) is 0.532. The molecule has 3 aromatic rings. The van der Waals surface area contributed by atoms with Crippen molar-refractivity contribution in [2.75, 3.05) is 5.32 Å². The number of hydrogen-bond donors (Lipinski definition) is 2. The lowest BCUT2D eigenvalue weighted by Crippen LogP contribution is -2.10. The molecule has 164 valence electrons. The Morgan fingerprint density at radius 3 is 2.39 bits per heavy atom. The highest BCUT2D eigenvalue weighted by atomic mass is 19.4. The van der Waals surface area contributed by atoms with Crippen LogP contribution in [-0.4, -0.2) is 26.0 Å². The fraction of sp³-hybridized carbons (Fsp3) is 0.200. The van der Waals surface area contributed by atoms with Gasteiger partial charge in [0, 0.05) is 42.2 Å². The SMILES string of the molecule is CC.O=C(O)c1cc(NCc2ccc(F)cc2F)nc(-c2cncc(C(F)(F)F)c2)n1. The van der Waals surface area contributed by atoms with Crippen molar-refractivity contribution in [1.82, 2.24) is 15.0 Å². The Balaban J connectivity index is 0.00000166. The van der Waals surface area contributed by atoms with E-state index in [-0.39, 0.29) is 29.3 Å². The number of rotatable bonds is 5. The number of halogens is 5. The van der Waals surface area contributed by atoms with E-state index in [4.69, 9.17) is 0 Å². The van der Waals surface area contributed by atoms with Gasteiger partial charge < -0.3 is 10.4 Å². The molecule has 0 aliphatic carbocycles. The van der Waals surface area contributed by atoms with Crippen LogP contribution in [0.3, 0.4) is 0 Å². The van der Waals surface area contributed by atoms with Crippen molar-refractivity contribution in [3.05, 3.63) is 71.2 Å². The lowest BCUT2D eigenvalue weighted by Gasteiger charge is -2.11. The predicted molar refractivity (Wildman–Crippen MR) is 102 cm³/mol. The number of nitrogens with one attached hydrogen (secondary N) is 1. The van der Waals surface area contributed by atoms with Gasteiger partial charge in [0.15, 0.2) is 11.5 Å². The zero-order valence-electron chi connectivity index (χ0n) is 16.3. The van der Waals surface area contributed by atoms with Gasteiger partial charge in [-0.3, -0.25) is 4.98 Å². The Bertz CT molecular complexity index is 1070.